The van der Waals surface area contributed by atoms with Crippen molar-refractivity contribution < 1.29 is 8.42 Å². The Hall–Kier alpha value is -1.02. The molecule has 0 bridgehead atoms. The molecule has 0 atom stereocenters. The summed E-state index contributed by atoms with van der Waals surface area (Å²) < 4.78 is 29.8. The monoisotopic (exact) mass is 405 g/mol. The van der Waals surface area contributed by atoms with Gasteiger partial charge in [0.1, 0.15) is 0 Å². The van der Waals surface area contributed by atoms with Crippen LogP contribution in [0.4, 0.5) is 0 Å². The SMILES string of the molecule is Cc1ccc([Te](C)=NS(=O)(=O)c2ccc(C)cc2)cc1. The molecule has 2 aromatic carbocycles. The molecule has 3 nitrogen and oxygen atoms in total. The topological polar surface area (TPSA) is 46.5 Å². The van der Waals surface area contributed by atoms with Crippen LogP contribution < -0.4 is 3.61 Å². The van der Waals surface area contributed by atoms with Gasteiger partial charge in [-0.25, -0.2) is 0 Å². The molecule has 0 saturated carbocycles. The first-order chi connectivity index (χ1) is 9.38. The van der Waals surface area contributed by atoms with Crippen molar-refractivity contribution in [3.63, 3.8) is 0 Å². The van der Waals surface area contributed by atoms with E-state index in [-0.39, 0.29) is 4.90 Å². The number of nitrogens with zero attached hydrogens (tertiary/aromatic N) is 1. The quantitative estimate of drug-likeness (QED) is 0.741. The number of benzene rings is 2. The molecule has 0 spiro atoms. The molecule has 0 N–H and O–H groups in total. The molecule has 0 aromatic heterocycles. The predicted molar refractivity (Wildman–Crippen MR) is 83.2 cm³/mol. The van der Waals surface area contributed by atoms with E-state index in [2.05, 4.69) is 2.59 Å². The van der Waals surface area contributed by atoms with Gasteiger partial charge in [0.25, 0.3) is 0 Å². The van der Waals surface area contributed by atoms with Gasteiger partial charge in [0.15, 0.2) is 0 Å². The average molecular weight is 403 g/mol. The minimum absolute atomic E-state index is 0.281. The summed E-state index contributed by atoms with van der Waals surface area (Å²) in [6.45, 7) is 3.94. The second-order valence-electron chi connectivity index (χ2n) is 4.65. The zero-order valence-corrected chi connectivity index (χ0v) is 14.8. The molecule has 0 aliphatic heterocycles. The fourth-order valence-corrected chi connectivity index (χ4v) is 8.13. The van der Waals surface area contributed by atoms with Crippen molar-refractivity contribution in [2.24, 2.45) is 2.59 Å². The molecule has 5 heteroatoms. The molecule has 0 saturated heterocycles. The third-order valence-corrected chi connectivity index (χ3v) is 10.5. The van der Waals surface area contributed by atoms with E-state index in [1.54, 1.807) is 24.3 Å². The number of rotatable bonds is 3. The summed E-state index contributed by atoms with van der Waals surface area (Å²) >= 11 is -2.18. The van der Waals surface area contributed by atoms with E-state index in [1.165, 1.54) is 5.56 Å². The molecular formula is C15H17NO2STe. The number of hydrogen-bond donors (Lipinski definition) is 0. The van der Waals surface area contributed by atoms with Crippen molar-refractivity contribution >= 4 is 33.0 Å². The van der Waals surface area contributed by atoms with Gasteiger partial charge in [0.2, 0.25) is 0 Å². The first-order valence-electron chi connectivity index (χ1n) is 6.16. The predicted octanol–water partition coefficient (Wildman–Crippen LogP) is 2.79. The van der Waals surface area contributed by atoms with Crippen LogP contribution in [0.3, 0.4) is 0 Å². The fraction of sp³-hybridized carbons (Fsp3) is 0.200. The minimum atomic E-state index is -3.53. The molecule has 0 amide bonds. The molecule has 0 aliphatic carbocycles. The molecule has 2 rings (SSSR count). The van der Waals surface area contributed by atoms with Crippen LogP contribution in [0.2, 0.25) is 4.97 Å². The standard InChI is InChI=1S/C15H17NO2STe/c1-12-4-8-14(9-5-12)19(17,18)16-20(3)15-10-6-13(2)7-11-15/h4-11H,1-3H3. The zero-order valence-electron chi connectivity index (χ0n) is 11.7. The maximum atomic E-state index is 12.3. The number of aryl methyl sites for hydroxylation is 2. The Balaban J connectivity index is 2.37. The molecule has 106 valence electrons. The van der Waals surface area contributed by atoms with Gasteiger partial charge in [0.05, 0.1) is 0 Å². The Morgan fingerprint density at radius 3 is 1.80 bits per heavy atom. The summed E-state index contributed by atoms with van der Waals surface area (Å²) in [5.41, 5.74) is 2.21. The van der Waals surface area contributed by atoms with Crippen molar-refractivity contribution in [1.29, 1.82) is 0 Å². The fourth-order valence-electron chi connectivity index (χ4n) is 1.68. The van der Waals surface area contributed by atoms with Crippen molar-refractivity contribution in [2.75, 3.05) is 0 Å². The first-order valence-corrected chi connectivity index (χ1v) is 12.1. The molecule has 0 radical (unpaired) electrons. The third-order valence-electron chi connectivity index (χ3n) is 2.89. The van der Waals surface area contributed by atoms with E-state index >= 15 is 0 Å². The van der Waals surface area contributed by atoms with Crippen molar-refractivity contribution in [3.8, 4) is 0 Å². The third kappa shape index (κ3) is 3.76. The molecular weight excluding hydrogens is 386 g/mol. The van der Waals surface area contributed by atoms with E-state index in [0.29, 0.717) is 0 Å². The normalized spacial score (nSPS) is 13.3. The van der Waals surface area contributed by atoms with Gasteiger partial charge >= 0.3 is 127 Å². The van der Waals surface area contributed by atoms with E-state index in [0.717, 1.165) is 9.17 Å². The van der Waals surface area contributed by atoms with Crippen LogP contribution in [0, 0.1) is 13.8 Å². The molecule has 0 unspecified atom stereocenters. The summed E-state index contributed by atoms with van der Waals surface area (Å²) in [7, 11) is -3.53. The molecule has 0 fully saturated rings. The van der Waals surface area contributed by atoms with E-state index in [4.69, 9.17) is 0 Å². The van der Waals surface area contributed by atoms with Gasteiger partial charge in [-0.1, -0.05) is 0 Å². The Morgan fingerprint density at radius 2 is 1.30 bits per heavy atom. The van der Waals surface area contributed by atoms with Crippen molar-refractivity contribution in [1.82, 2.24) is 0 Å². The Bertz CT molecular complexity index is 732. The molecule has 20 heavy (non-hydrogen) atoms. The van der Waals surface area contributed by atoms with Crippen LogP contribution in [-0.4, -0.2) is 27.8 Å². The van der Waals surface area contributed by atoms with Crippen LogP contribution in [-0.2, 0) is 10.0 Å². The van der Waals surface area contributed by atoms with E-state index in [1.807, 2.05) is 43.1 Å². The van der Waals surface area contributed by atoms with Crippen LogP contribution in [0.1, 0.15) is 11.1 Å². The van der Waals surface area contributed by atoms with Gasteiger partial charge in [-0.05, 0) is 0 Å². The average Bonchev–Trinajstić information content (AvgIpc) is 2.39. The molecule has 0 heterocycles. The Morgan fingerprint density at radius 1 is 0.850 bits per heavy atom. The van der Waals surface area contributed by atoms with Crippen LogP contribution in [0.5, 0.6) is 0 Å². The second kappa shape index (κ2) is 6.17. The summed E-state index contributed by atoms with van der Waals surface area (Å²) in [6, 6.07) is 14.8. The summed E-state index contributed by atoms with van der Waals surface area (Å²) in [5, 5.41) is 0. The van der Waals surface area contributed by atoms with Crippen LogP contribution in [0.25, 0.3) is 0 Å². The van der Waals surface area contributed by atoms with Crippen LogP contribution >= 0.6 is 0 Å². The van der Waals surface area contributed by atoms with Crippen LogP contribution in [0.15, 0.2) is 56.0 Å². The molecule has 2 aromatic rings. The van der Waals surface area contributed by atoms with E-state index < -0.39 is 29.4 Å². The van der Waals surface area contributed by atoms with Crippen molar-refractivity contribution in [2.45, 2.75) is 23.7 Å². The van der Waals surface area contributed by atoms with Gasteiger partial charge < -0.3 is 0 Å². The van der Waals surface area contributed by atoms with Gasteiger partial charge in [0, 0.05) is 0 Å². The number of hydrogen-bond acceptors (Lipinski definition) is 2. The summed E-state index contributed by atoms with van der Waals surface area (Å²) in [6.07, 6.45) is 0. The van der Waals surface area contributed by atoms with Gasteiger partial charge in [-0.3, -0.25) is 0 Å². The van der Waals surface area contributed by atoms with Gasteiger partial charge in [-0.2, -0.15) is 0 Å². The number of sulfonamides is 1. The summed E-state index contributed by atoms with van der Waals surface area (Å²) in [4.78, 5) is 2.24. The first kappa shape index (κ1) is 15.4. The van der Waals surface area contributed by atoms with Gasteiger partial charge in [-0.15, -0.1) is 0 Å². The van der Waals surface area contributed by atoms with E-state index in [9.17, 15) is 8.42 Å². The Labute approximate surface area is 127 Å². The summed E-state index contributed by atoms with van der Waals surface area (Å²) in [5.74, 6) is 0. The Kier molecular flexibility index (Phi) is 4.74. The maximum absolute atomic E-state index is 12.3. The van der Waals surface area contributed by atoms with Crippen molar-refractivity contribution in [3.05, 3.63) is 59.7 Å². The zero-order chi connectivity index (χ0) is 14.8. The molecule has 0 aliphatic rings. The second-order valence-corrected chi connectivity index (χ2v) is 11.6.